The summed E-state index contributed by atoms with van der Waals surface area (Å²) >= 11 is 0. The molecule has 96 valence electrons. The van der Waals surface area contributed by atoms with Crippen molar-refractivity contribution in [3.8, 4) is 0 Å². The van der Waals surface area contributed by atoms with Gasteiger partial charge in [0.2, 0.25) is 0 Å². The van der Waals surface area contributed by atoms with Crippen LogP contribution < -0.4 is 5.73 Å². The number of hydrogen-bond donors (Lipinski definition) is 1. The molecule has 1 aliphatic rings. The topological polar surface area (TPSA) is 30.9 Å². The Balaban J connectivity index is 2.15. The van der Waals surface area contributed by atoms with E-state index in [1.165, 1.54) is 6.42 Å². The molecule has 0 amide bonds. The zero-order valence-electron chi connectivity index (χ0n) is 10.7. The molecule has 2 nitrogen and oxygen atoms in total. The van der Waals surface area contributed by atoms with Crippen LogP contribution in [0.25, 0.3) is 10.9 Å². The van der Waals surface area contributed by atoms with Gasteiger partial charge in [0.1, 0.15) is 5.82 Å². The van der Waals surface area contributed by atoms with Crippen LogP contribution in [-0.2, 0) is 12.6 Å². The third kappa shape index (κ3) is 1.74. The van der Waals surface area contributed by atoms with Crippen LogP contribution in [0, 0.1) is 5.82 Å². The van der Waals surface area contributed by atoms with Gasteiger partial charge in [0, 0.05) is 35.2 Å². The van der Waals surface area contributed by atoms with Crippen molar-refractivity contribution in [1.82, 2.24) is 4.57 Å². The highest BCUT2D eigenvalue weighted by atomic mass is 19.1. The Morgan fingerprint density at radius 2 is 1.94 bits per heavy atom. The predicted octanol–water partition coefficient (Wildman–Crippen LogP) is 3.44. The standard InChI is InChI=1S/C15H19FN2/c1-18-8-5-11-9-13(16)12(10-14(11)18)15(17)6-3-2-4-7-15/h5,8-10H,2-4,6-7,17H2,1H3. The molecule has 0 aliphatic heterocycles. The highest BCUT2D eigenvalue weighted by Crippen LogP contribution is 2.37. The third-order valence-electron chi connectivity index (χ3n) is 4.26. The number of nitrogens with two attached hydrogens (primary N) is 1. The first kappa shape index (κ1) is 11.7. The molecule has 1 aliphatic carbocycles. The molecule has 0 spiro atoms. The molecule has 0 atom stereocenters. The van der Waals surface area contributed by atoms with Crippen molar-refractivity contribution in [2.24, 2.45) is 12.8 Å². The number of fused-ring (bicyclic) bond motifs is 1. The van der Waals surface area contributed by atoms with Crippen LogP contribution in [0.3, 0.4) is 0 Å². The lowest BCUT2D eigenvalue weighted by Crippen LogP contribution is -2.39. The molecule has 1 saturated carbocycles. The van der Waals surface area contributed by atoms with E-state index in [2.05, 4.69) is 0 Å². The van der Waals surface area contributed by atoms with Gasteiger partial charge < -0.3 is 10.3 Å². The van der Waals surface area contributed by atoms with Crippen LogP contribution >= 0.6 is 0 Å². The zero-order chi connectivity index (χ0) is 12.8. The number of rotatable bonds is 1. The van der Waals surface area contributed by atoms with E-state index in [0.717, 1.165) is 36.6 Å². The molecule has 3 rings (SSSR count). The third-order valence-corrected chi connectivity index (χ3v) is 4.26. The Hall–Kier alpha value is -1.35. The summed E-state index contributed by atoms with van der Waals surface area (Å²) in [5.74, 6) is -0.155. The van der Waals surface area contributed by atoms with Gasteiger partial charge in [-0.2, -0.15) is 0 Å². The minimum absolute atomic E-state index is 0.155. The van der Waals surface area contributed by atoms with Gasteiger partial charge in [0.15, 0.2) is 0 Å². The number of benzene rings is 1. The molecule has 2 N–H and O–H groups in total. The van der Waals surface area contributed by atoms with Crippen molar-refractivity contribution in [1.29, 1.82) is 0 Å². The van der Waals surface area contributed by atoms with Crippen LogP contribution in [0.2, 0.25) is 0 Å². The molecule has 2 aromatic rings. The second-order valence-corrected chi connectivity index (χ2v) is 5.53. The number of nitrogens with zero attached hydrogens (tertiary/aromatic N) is 1. The van der Waals surface area contributed by atoms with Gasteiger partial charge in [-0.3, -0.25) is 0 Å². The summed E-state index contributed by atoms with van der Waals surface area (Å²) in [6, 6.07) is 5.50. The van der Waals surface area contributed by atoms with E-state index in [9.17, 15) is 4.39 Å². The van der Waals surface area contributed by atoms with Gasteiger partial charge in [0.05, 0.1) is 0 Å². The van der Waals surface area contributed by atoms with E-state index in [-0.39, 0.29) is 5.82 Å². The van der Waals surface area contributed by atoms with E-state index >= 15 is 0 Å². The van der Waals surface area contributed by atoms with Crippen LogP contribution in [0.15, 0.2) is 24.4 Å². The SMILES string of the molecule is Cn1ccc2cc(F)c(C3(N)CCCCC3)cc21. The molecule has 0 radical (unpaired) electrons. The van der Waals surface area contributed by atoms with Crippen molar-refractivity contribution in [3.05, 3.63) is 35.8 Å². The van der Waals surface area contributed by atoms with E-state index in [1.54, 1.807) is 6.07 Å². The second-order valence-electron chi connectivity index (χ2n) is 5.53. The Bertz CT molecular complexity index is 579. The molecular formula is C15H19FN2. The first-order chi connectivity index (χ1) is 8.60. The summed E-state index contributed by atoms with van der Waals surface area (Å²) in [4.78, 5) is 0. The summed E-state index contributed by atoms with van der Waals surface area (Å²) in [7, 11) is 1.98. The minimum Gasteiger partial charge on any atom is -0.351 e. The van der Waals surface area contributed by atoms with E-state index in [4.69, 9.17) is 5.73 Å². The summed E-state index contributed by atoms with van der Waals surface area (Å²) in [6.07, 6.45) is 7.15. The highest BCUT2D eigenvalue weighted by molar-refractivity contribution is 5.81. The van der Waals surface area contributed by atoms with E-state index in [1.807, 2.05) is 29.9 Å². The Morgan fingerprint density at radius 3 is 2.67 bits per heavy atom. The molecule has 1 aromatic heterocycles. The number of halogens is 1. The van der Waals surface area contributed by atoms with Gasteiger partial charge in [-0.15, -0.1) is 0 Å². The van der Waals surface area contributed by atoms with Gasteiger partial charge >= 0.3 is 0 Å². The maximum Gasteiger partial charge on any atom is 0.129 e. The molecule has 1 aromatic carbocycles. The molecule has 3 heteroatoms. The first-order valence-electron chi connectivity index (χ1n) is 6.64. The first-order valence-corrected chi connectivity index (χ1v) is 6.64. The average Bonchev–Trinajstić information content (AvgIpc) is 2.70. The van der Waals surface area contributed by atoms with E-state index < -0.39 is 5.54 Å². The molecule has 18 heavy (non-hydrogen) atoms. The fraction of sp³-hybridized carbons (Fsp3) is 0.467. The maximum atomic E-state index is 14.3. The molecule has 1 heterocycles. The highest BCUT2D eigenvalue weighted by Gasteiger charge is 2.32. The largest absolute Gasteiger partial charge is 0.351 e. The summed E-state index contributed by atoms with van der Waals surface area (Å²) in [5, 5.41) is 0.943. The Labute approximate surface area is 107 Å². The van der Waals surface area contributed by atoms with Crippen molar-refractivity contribution in [2.45, 2.75) is 37.6 Å². The zero-order valence-corrected chi connectivity index (χ0v) is 10.7. The number of aryl methyl sites for hydroxylation is 1. The quantitative estimate of drug-likeness (QED) is 0.821. The molecule has 0 bridgehead atoms. The monoisotopic (exact) mass is 246 g/mol. The Kier molecular flexibility index (Phi) is 2.67. The van der Waals surface area contributed by atoms with Gasteiger partial charge in [-0.25, -0.2) is 4.39 Å². The number of aromatic nitrogens is 1. The van der Waals surface area contributed by atoms with Crippen molar-refractivity contribution in [3.63, 3.8) is 0 Å². The summed E-state index contributed by atoms with van der Waals surface area (Å²) in [5.41, 5.74) is 7.72. The fourth-order valence-corrected chi connectivity index (χ4v) is 3.12. The van der Waals surface area contributed by atoms with Crippen molar-refractivity contribution < 1.29 is 4.39 Å². The average molecular weight is 246 g/mol. The number of hydrogen-bond acceptors (Lipinski definition) is 1. The minimum atomic E-state index is -0.471. The van der Waals surface area contributed by atoms with Crippen molar-refractivity contribution in [2.75, 3.05) is 0 Å². The van der Waals surface area contributed by atoms with Crippen LogP contribution in [0.5, 0.6) is 0 Å². The normalized spacial score (nSPS) is 19.3. The van der Waals surface area contributed by atoms with Crippen molar-refractivity contribution >= 4 is 10.9 Å². The van der Waals surface area contributed by atoms with Crippen LogP contribution in [0.1, 0.15) is 37.7 Å². The molecular weight excluding hydrogens is 227 g/mol. The van der Waals surface area contributed by atoms with E-state index in [0.29, 0.717) is 5.56 Å². The fourth-order valence-electron chi connectivity index (χ4n) is 3.12. The van der Waals surface area contributed by atoms with Gasteiger partial charge in [0.25, 0.3) is 0 Å². The second kappa shape index (κ2) is 4.09. The molecule has 1 fully saturated rings. The van der Waals surface area contributed by atoms with Crippen LogP contribution in [0.4, 0.5) is 4.39 Å². The predicted molar refractivity (Wildman–Crippen MR) is 71.8 cm³/mol. The lowest BCUT2D eigenvalue weighted by atomic mass is 9.77. The maximum absolute atomic E-state index is 14.3. The Morgan fingerprint density at radius 1 is 1.22 bits per heavy atom. The molecule has 0 saturated heterocycles. The molecule has 0 unspecified atom stereocenters. The smallest absolute Gasteiger partial charge is 0.129 e. The van der Waals surface area contributed by atoms with Gasteiger partial charge in [-0.1, -0.05) is 19.3 Å². The van der Waals surface area contributed by atoms with Crippen LogP contribution in [-0.4, -0.2) is 4.57 Å². The lowest BCUT2D eigenvalue weighted by Gasteiger charge is -2.34. The lowest BCUT2D eigenvalue weighted by molar-refractivity contribution is 0.293. The summed E-state index contributed by atoms with van der Waals surface area (Å²) < 4.78 is 16.3. The van der Waals surface area contributed by atoms with Gasteiger partial charge in [-0.05, 0) is 31.0 Å². The summed E-state index contributed by atoms with van der Waals surface area (Å²) in [6.45, 7) is 0.